The lowest BCUT2D eigenvalue weighted by molar-refractivity contribution is 0.477. The highest BCUT2D eigenvalue weighted by Crippen LogP contribution is 2.31. The summed E-state index contributed by atoms with van der Waals surface area (Å²) >= 11 is 0. The Labute approximate surface area is 154 Å². The molecule has 0 aliphatic rings. The fourth-order valence-corrected chi connectivity index (χ4v) is 4.14. The second kappa shape index (κ2) is 12.3. The molecular weight excluding hydrogens is 332 g/mol. The Morgan fingerprint density at radius 1 is 1.00 bits per heavy atom. The second-order valence-corrected chi connectivity index (χ2v) is 8.24. The first-order valence-electron chi connectivity index (χ1n) is 9.68. The predicted molar refractivity (Wildman–Crippen MR) is 106 cm³/mol. The van der Waals surface area contributed by atoms with E-state index in [-0.39, 0.29) is 10.8 Å². The summed E-state index contributed by atoms with van der Waals surface area (Å²) in [5, 5.41) is 0. The lowest BCUT2D eigenvalue weighted by atomic mass is 9.90. The van der Waals surface area contributed by atoms with Crippen LogP contribution in [0.1, 0.15) is 89.0 Å². The van der Waals surface area contributed by atoms with Gasteiger partial charge in [0.1, 0.15) is 0 Å². The summed E-state index contributed by atoms with van der Waals surface area (Å²) in [4.78, 5) is 0.0396. The smallest absolute Gasteiger partial charge is 0.282 e. The van der Waals surface area contributed by atoms with Crippen LogP contribution < -0.4 is 0 Å². The standard InChI is InChI=1S/C21H34O3S/c1-3-5-6-7-8-9-10-11-12-16-19(15-4-2)20-17-13-14-18-21(20)25(22,23)24/h4,13-14,17-19H,2-3,5-12,15-16H2,1H3,(H,22,23,24). The third-order valence-electron chi connectivity index (χ3n) is 4.74. The van der Waals surface area contributed by atoms with Crippen LogP contribution in [-0.4, -0.2) is 13.0 Å². The molecular formula is C21H34O3S. The molecule has 1 unspecified atom stereocenters. The Bertz CT molecular complexity index is 593. The molecule has 1 rings (SSSR count). The van der Waals surface area contributed by atoms with E-state index >= 15 is 0 Å². The summed E-state index contributed by atoms with van der Waals surface area (Å²) < 4.78 is 32.7. The molecule has 25 heavy (non-hydrogen) atoms. The number of unbranched alkanes of at least 4 members (excludes halogenated alkanes) is 8. The van der Waals surface area contributed by atoms with E-state index < -0.39 is 10.1 Å². The van der Waals surface area contributed by atoms with E-state index in [9.17, 15) is 13.0 Å². The Hall–Kier alpha value is -1.13. The van der Waals surface area contributed by atoms with E-state index in [4.69, 9.17) is 0 Å². The molecule has 3 nitrogen and oxygen atoms in total. The quantitative estimate of drug-likeness (QED) is 0.232. The summed E-state index contributed by atoms with van der Waals surface area (Å²) in [5.74, 6) is 0.0974. The average Bonchev–Trinajstić information content (AvgIpc) is 2.58. The molecule has 0 radical (unpaired) electrons. The summed E-state index contributed by atoms with van der Waals surface area (Å²) in [7, 11) is -4.18. The molecule has 1 N–H and O–H groups in total. The highest BCUT2D eigenvalue weighted by Gasteiger charge is 2.20. The van der Waals surface area contributed by atoms with Crippen LogP contribution in [0.3, 0.4) is 0 Å². The zero-order valence-corrected chi connectivity index (χ0v) is 16.4. The van der Waals surface area contributed by atoms with Crippen LogP contribution >= 0.6 is 0 Å². The van der Waals surface area contributed by atoms with Gasteiger partial charge in [0.25, 0.3) is 10.1 Å². The third kappa shape index (κ3) is 8.68. The van der Waals surface area contributed by atoms with E-state index in [1.807, 2.05) is 18.2 Å². The predicted octanol–water partition coefficient (Wildman–Crippen LogP) is 6.51. The Morgan fingerprint density at radius 2 is 1.56 bits per heavy atom. The van der Waals surface area contributed by atoms with Gasteiger partial charge in [-0.25, -0.2) is 0 Å². The van der Waals surface area contributed by atoms with Crippen LogP contribution in [0.5, 0.6) is 0 Å². The minimum atomic E-state index is -4.18. The van der Waals surface area contributed by atoms with Crippen molar-refractivity contribution in [1.29, 1.82) is 0 Å². The molecule has 1 aromatic rings. The van der Waals surface area contributed by atoms with Crippen LogP contribution in [0.25, 0.3) is 0 Å². The van der Waals surface area contributed by atoms with Crippen molar-refractivity contribution in [3.63, 3.8) is 0 Å². The maximum absolute atomic E-state index is 11.6. The molecule has 0 aliphatic carbocycles. The molecule has 1 atom stereocenters. The van der Waals surface area contributed by atoms with E-state index in [1.54, 1.807) is 6.07 Å². The summed E-state index contributed by atoms with van der Waals surface area (Å²) in [6, 6.07) is 6.77. The van der Waals surface area contributed by atoms with Crippen molar-refractivity contribution in [1.82, 2.24) is 0 Å². The topological polar surface area (TPSA) is 54.4 Å². The Morgan fingerprint density at radius 3 is 2.12 bits per heavy atom. The third-order valence-corrected chi connectivity index (χ3v) is 5.67. The molecule has 0 bridgehead atoms. The monoisotopic (exact) mass is 366 g/mol. The lowest BCUT2D eigenvalue weighted by Crippen LogP contribution is -2.07. The maximum Gasteiger partial charge on any atom is 0.294 e. The van der Waals surface area contributed by atoms with Crippen LogP contribution in [-0.2, 0) is 10.1 Å². The van der Waals surface area contributed by atoms with Crippen molar-refractivity contribution in [2.75, 3.05) is 0 Å². The van der Waals surface area contributed by atoms with Crippen molar-refractivity contribution < 1.29 is 13.0 Å². The van der Waals surface area contributed by atoms with Gasteiger partial charge in [0.05, 0.1) is 4.90 Å². The van der Waals surface area contributed by atoms with Crippen LogP contribution in [0, 0.1) is 0 Å². The van der Waals surface area contributed by atoms with Gasteiger partial charge in [-0.3, -0.25) is 4.55 Å². The summed E-state index contributed by atoms with van der Waals surface area (Å²) in [6.45, 7) is 6.04. The maximum atomic E-state index is 11.6. The lowest BCUT2D eigenvalue weighted by Gasteiger charge is -2.18. The van der Waals surface area contributed by atoms with Gasteiger partial charge in [0.2, 0.25) is 0 Å². The summed E-state index contributed by atoms with van der Waals surface area (Å²) in [5.41, 5.74) is 0.712. The molecule has 142 valence electrons. The van der Waals surface area contributed by atoms with E-state index in [2.05, 4.69) is 13.5 Å². The molecule has 0 amide bonds. The normalized spacial score (nSPS) is 12.9. The minimum absolute atomic E-state index is 0.0396. The first-order chi connectivity index (χ1) is 12.0. The molecule has 0 spiro atoms. The van der Waals surface area contributed by atoms with Crippen molar-refractivity contribution in [2.45, 2.75) is 88.4 Å². The number of benzene rings is 1. The highest BCUT2D eigenvalue weighted by atomic mass is 32.2. The Kier molecular flexibility index (Phi) is 10.7. The van der Waals surface area contributed by atoms with Gasteiger partial charge < -0.3 is 0 Å². The SMILES string of the molecule is C=CCC(CCCCCCCCCCC)c1ccccc1S(=O)(=O)O. The van der Waals surface area contributed by atoms with E-state index in [1.165, 1.54) is 57.4 Å². The first-order valence-corrected chi connectivity index (χ1v) is 11.1. The van der Waals surface area contributed by atoms with Gasteiger partial charge >= 0.3 is 0 Å². The van der Waals surface area contributed by atoms with Crippen molar-refractivity contribution in [3.8, 4) is 0 Å². The average molecular weight is 367 g/mol. The molecule has 0 heterocycles. The molecule has 0 aliphatic heterocycles. The zero-order valence-electron chi connectivity index (χ0n) is 15.6. The number of rotatable bonds is 14. The van der Waals surface area contributed by atoms with Crippen LogP contribution in [0.4, 0.5) is 0 Å². The van der Waals surface area contributed by atoms with E-state index in [0.29, 0.717) is 5.56 Å². The molecule has 0 fully saturated rings. The molecule has 0 saturated heterocycles. The van der Waals surface area contributed by atoms with Crippen molar-refractivity contribution in [2.24, 2.45) is 0 Å². The molecule has 0 aromatic heterocycles. The minimum Gasteiger partial charge on any atom is -0.282 e. The van der Waals surface area contributed by atoms with Crippen molar-refractivity contribution in [3.05, 3.63) is 42.5 Å². The second-order valence-electron chi connectivity index (χ2n) is 6.85. The number of hydrogen-bond donors (Lipinski definition) is 1. The molecule has 0 saturated carbocycles. The van der Waals surface area contributed by atoms with Crippen LogP contribution in [0.15, 0.2) is 41.8 Å². The first kappa shape index (κ1) is 21.9. The van der Waals surface area contributed by atoms with Gasteiger partial charge in [0, 0.05) is 0 Å². The van der Waals surface area contributed by atoms with Crippen LogP contribution in [0.2, 0.25) is 0 Å². The fourth-order valence-electron chi connectivity index (χ4n) is 3.36. The van der Waals surface area contributed by atoms with Gasteiger partial charge in [-0.1, -0.05) is 89.0 Å². The van der Waals surface area contributed by atoms with Gasteiger partial charge in [-0.05, 0) is 30.4 Å². The number of allylic oxidation sites excluding steroid dienone is 1. The molecule has 1 aromatic carbocycles. The van der Waals surface area contributed by atoms with Gasteiger partial charge in [0.15, 0.2) is 0 Å². The van der Waals surface area contributed by atoms with Gasteiger partial charge in [-0.2, -0.15) is 8.42 Å². The fraction of sp³-hybridized carbons (Fsp3) is 0.619. The Balaban J connectivity index is 2.47. The zero-order chi connectivity index (χ0) is 18.5. The summed E-state index contributed by atoms with van der Waals surface area (Å²) in [6.07, 6.45) is 14.9. The highest BCUT2D eigenvalue weighted by molar-refractivity contribution is 7.85. The largest absolute Gasteiger partial charge is 0.294 e. The van der Waals surface area contributed by atoms with Crippen molar-refractivity contribution >= 4 is 10.1 Å². The molecule has 4 heteroatoms. The number of hydrogen-bond acceptors (Lipinski definition) is 2. The van der Waals surface area contributed by atoms with Gasteiger partial charge in [-0.15, -0.1) is 6.58 Å². The van der Waals surface area contributed by atoms with E-state index in [0.717, 1.165) is 19.3 Å².